The summed E-state index contributed by atoms with van der Waals surface area (Å²) in [5, 5.41) is 24.9. The first-order valence-corrected chi connectivity index (χ1v) is 9.95. The number of hydrogen-bond acceptors (Lipinski definition) is 5. The van der Waals surface area contributed by atoms with E-state index in [0.29, 0.717) is 12.2 Å². The van der Waals surface area contributed by atoms with E-state index in [4.69, 9.17) is 9.90 Å². The highest BCUT2D eigenvalue weighted by Gasteiger charge is 2.38. The Morgan fingerprint density at radius 1 is 1.23 bits per heavy atom. The molecule has 1 saturated carbocycles. The number of carbonyl (C=O) groups is 2. The van der Waals surface area contributed by atoms with Crippen molar-refractivity contribution >= 4 is 11.9 Å². The molecule has 31 heavy (non-hydrogen) atoms. The summed E-state index contributed by atoms with van der Waals surface area (Å²) in [6, 6.07) is 1.94. The number of rotatable bonds is 7. The zero-order valence-corrected chi connectivity index (χ0v) is 16.7. The van der Waals surface area contributed by atoms with Crippen LogP contribution in [-0.2, 0) is 24.2 Å². The number of carboxylic acid groups (broad SMARTS) is 2. The molecule has 11 heteroatoms. The Hall–Kier alpha value is -2.95. The van der Waals surface area contributed by atoms with Crippen LogP contribution >= 0.6 is 0 Å². The summed E-state index contributed by atoms with van der Waals surface area (Å²) in [6.45, 7) is 2.62. The average Bonchev–Trinajstić information content (AvgIpc) is 3.45. The van der Waals surface area contributed by atoms with Crippen molar-refractivity contribution in [3.8, 4) is 11.3 Å². The second-order valence-electron chi connectivity index (χ2n) is 7.54. The molecule has 0 saturated heterocycles. The van der Waals surface area contributed by atoms with Gasteiger partial charge in [0.2, 0.25) is 0 Å². The van der Waals surface area contributed by atoms with Gasteiger partial charge in [0.05, 0.1) is 5.69 Å². The van der Waals surface area contributed by atoms with Gasteiger partial charge in [0.25, 0.3) is 0 Å². The van der Waals surface area contributed by atoms with E-state index in [9.17, 15) is 23.1 Å². The molecule has 1 fully saturated rings. The Morgan fingerprint density at radius 2 is 1.94 bits per heavy atom. The highest BCUT2D eigenvalue weighted by molar-refractivity contribution is 5.90. The van der Waals surface area contributed by atoms with Crippen molar-refractivity contribution in [2.75, 3.05) is 13.1 Å². The topological polar surface area (TPSA) is 117 Å². The zero-order chi connectivity index (χ0) is 22.6. The lowest BCUT2D eigenvalue weighted by Crippen LogP contribution is -2.21. The molecule has 2 aromatic heterocycles. The first-order valence-electron chi connectivity index (χ1n) is 9.95. The lowest BCUT2D eigenvalue weighted by molar-refractivity contribution is -0.192. The largest absolute Gasteiger partial charge is 0.490 e. The lowest BCUT2D eigenvalue weighted by Gasteiger charge is -2.14. The fraction of sp³-hybridized carbons (Fsp3) is 0.500. The molecule has 0 unspecified atom stereocenters. The lowest BCUT2D eigenvalue weighted by atomic mass is 9.90. The number of nitrogens with one attached hydrogen (secondary N) is 1. The Bertz CT molecular complexity index is 954. The second-order valence-corrected chi connectivity index (χ2v) is 7.54. The van der Waals surface area contributed by atoms with Gasteiger partial charge in [-0.2, -0.15) is 18.3 Å². The molecule has 0 atom stereocenters. The number of aliphatic carboxylic acids is 1. The van der Waals surface area contributed by atoms with E-state index in [-0.39, 0.29) is 0 Å². The summed E-state index contributed by atoms with van der Waals surface area (Å²) in [4.78, 5) is 24.8. The third-order valence-corrected chi connectivity index (χ3v) is 5.15. The molecule has 0 aliphatic heterocycles. The maximum absolute atomic E-state index is 11.8. The first-order chi connectivity index (χ1) is 14.7. The number of carboxylic acids is 2. The van der Waals surface area contributed by atoms with E-state index in [2.05, 4.69) is 15.4 Å². The summed E-state index contributed by atoms with van der Waals surface area (Å²) in [5.41, 5.74) is 4.22. The van der Waals surface area contributed by atoms with Crippen LogP contribution in [0.4, 0.5) is 13.2 Å². The minimum atomic E-state index is -5.08. The first kappa shape index (κ1) is 22.7. The van der Waals surface area contributed by atoms with Crippen LogP contribution in [-0.4, -0.2) is 56.2 Å². The Labute approximate surface area is 176 Å². The molecular formula is C20H23F3N4O4. The van der Waals surface area contributed by atoms with E-state index in [0.717, 1.165) is 60.7 Å². The third kappa shape index (κ3) is 5.81. The summed E-state index contributed by atoms with van der Waals surface area (Å²) >= 11 is 0. The molecule has 0 aromatic carbocycles. The van der Waals surface area contributed by atoms with Crippen molar-refractivity contribution in [3.63, 3.8) is 0 Å². The van der Waals surface area contributed by atoms with Crippen molar-refractivity contribution in [1.82, 2.24) is 20.1 Å². The minimum Gasteiger partial charge on any atom is -0.477 e. The van der Waals surface area contributed by atoms with Crippen molar-refractivity contribution in [2.45, 2.75) is 44.8 Å². The van der Waals surface area contributed by atoms with Crippen LogP contribution in [0.3, 0.4) is 0 Å². The molecule has 0 bridgehead atoms. The highest BCUT2D eigenvalue weighted by Crippen LogP contribution is 2.34. The minimum absolute atomic E-state index is 0.356. The van der Waals surface area contributed by atoms with Crippen LogP contribution in [0.15, 0.2) is 18.5 Å². The van der Waals surface area contributed by atoms with Crippen LogP contribution in [0.5, 0.6) is 0 Å². The molecule has 168 valence electrons. The van der Waals surface area contributed by atoms with Crippen molar-refractivity contribution < 1.29 is 33.0 Å². The number of halogens is 3. The maximum Gasteiger partial charge on any atom is 0.490 e. The van der Waals surface area contributed by atoms with Gasteiger partial charge in [0.15, 0.2) is 0 Å². The molecule has 2 aromatic rings. The Kier molecular flexibility index (Phi) is 6.94. The third-order valence-electron chi connectivity index (χ3n) is 5.15. The van der Waals surface area contributed by atoms with Crippen molar-refractivity contribution in [3.05, 3.63) is 35.3 Å². The number of aromatic carboxylic acids is 1. The number of aryl methyl sites for hydroxylation is 2. The molecule has 3 N–H and O–H groups in total. The smallest absolute Gasteiger partial charge is 0.477 e. The SMILES string of the molecule is O=C(O)C(F)(F)F.O=C(O)c1c2c(nn1CCCNCC1CC1)-c1ccncc1CC2. The summed E-state index contributed by atoms with van der Waals surface area (Å²) < 4.78 is 33.4. The monoisotopic (exact) mass is 440 g/mol. The standard InChI is InChI=1S/C18H22N4O2.C2HF3O2/c23-18(24)17-15-5-4-13-11-20-8-6-14(13)16(15)21-22(17)9-1-7-19-10-12-2-3-12;3-2(4,5)1(6)7/h6,8,11-12,19H,1-5,7,9-10H2,(H,23,24);(H,6,7). The van der Waals surface area contributed by atoms with E-state index < -0.39 is 18.1 Å². The Morgan fingerprint density at radius 3 is 2.55 bits per heavy atom. The molecule has 0 spiro atoms. The molecule has 2 aliphatic carbocycles. The normalized spacial score (nSPS) is 14.8. The highest BCUT2D eigenvalue weighted by atomic mass is 19.4. The molecular weight excluding hydrogens is 417 g/mol. The molecule has 2 aliphatic rings. The molecule has 4 rings (SSSR count). The van der Waals surface area contributed by atoms with Crippen LogP contribution in [0.1, 0.15) is 40.9 Å². The molecule has 0 amide bonds. The van der Waals surface area contributed by atoms with Gasteiger partial charge in [-0.15, -0.1) is 0 Å². The van der Waals surface area contributed by atoms with Crippen molar-refractivity contribution in [1.29, 1.82) is 0 Å². The maximum atomic E-state index is 11.8. The van der Waals surface area contributed by atoms with Crippen LogP contribution in [0.25, 0.3) is 11.3 Å². The van der Waals surface area contributed by atoms with Crippen LogP contribution < -0.4 is 5.32 Å². The number of hydrogen-bond donors (Lipinski definition) is 3. The molecule has 8 nitrogen and oxygen atoms in total. The van der Waals surface area contributed by atoms with Gasteiger partial charge in [-0.1, -0.05) is 0 Å². The van der Waals surface area contributed by atoms with Gasteiger partial charge < -0.3 is 15.5 Å². The van der Waals surface area contributed by atoms with Gasteiger partial charge in [0.1, 0.15) is 5.69 Å². The molecule has 0 radical (unpaired) electrons. The number of alkyl halides is 3. The predicted molar refractivity (Wildman–Crippen MR) is 104 cm³/mol. The second kappa shape index (κ2) is 9.46. The van der Waals surface area contributed by atoms with Crippen LogP contribution in [0.2, 0.25) is 0 Å². The predicted octanol–water partition coefficient (Wildman–Crippen LogP) is 2.76. The summed E-state index contributed by atoms with van der Waals surface area (Å²) in [6.07, 6.45) is 3.64. The van der Waals surface area contributed by atoms with E-state index in [1.165, 1.54) is 12.8 Å². The summed E-state index contributed by atoms with van der Waals surface area (Å²) in [7, 11) is 0. The van der Waals surface area contributed by atoms with Gasteiger partial charge in [-0.05, 0) is 62.7 Å². The fourth-order valence-electron chi connectivity index (χ4n) is 3.45. The number of pyridine rings is 1. The van der Waals surface area contributed by atoms with Crippen molar-refractivity contribution in [2.24, 2.45) is 5.92 Å². The van der Waals surface area contributed by atoms with E-state index in [1.807, 2.05) is 12.3 Å². The van der Waals surface area contributed by atoms with Gasteiger partial charge in [-0.3, -0.25) is 9.67 Å². The zero-order valence-electron chi connectivity index (χ0n) is 16.7. The summed E-state index contributed by atoms with van der Waals surface area (Å²) in [5.74, 6) is -2.78. The van der Waals surface area contributed by atoms with Gasteiger partial charge in [-0.25, -0.2) is 9.59 Å². The van der Waals surface area contributed by atoms with E-state index >= 15 is 0 Å². The Balaban J connectivity index is 0.000000339. The number of aromatic nitrogens is 3. The average molecular weight is 440 g/mol. The van der Waals surface area contributed by atoms with Crippen LogP contribution in [0, 0.1) is 5.92 Å². The molecule has 2 heterocycles. The van der Waals surface area contributed by atoms with Gasteiger partial charge >= 0.3 is 18.1 Å². The quantitative estimate of drug-likeness (QED) is 0.567. The number of fused-ring (bicyclic) bond motifs is 3. The van der Waals surface area contributed by atoms with Gasteiger partial charge in [0, 0.05) is 30.1 Å². The van der Waals surface area contributed by atoms with E-state index in [1.54, 1.807) is 10.9 Å². The fourth-order valence-corrected chi connectivity index (χ4v) is 3.45. The number of nitrogens with zero attached hydrogens (tertiary/aromatic N) is 3.